The number of likely N-dealkylation sites (tertiary alicyclic amines) is 1. The molecule has 2 aromatic heterocycles. The average molecular weight is 431 g/mol. The number of hydrogen-bond donors (Lipinski definition) is 2. The number of H-pyrrole nitrogens is 1. The normalized spacial score (nSPS) is 14.8. The summed E-state index contributed by atoms with van der Waals surface area (Å²) in [7, 11) is 0. The van der Waals surface area contributed by atoms with E-state index in [1.807, 2.05) is 6.92 Å². The maximum atomic E-state index is 13.0. The third-order valence-corrected chi connectivity index (χ3v) is 6.03. The van der Waals surface area contributed by atoms with Crippen molar-refractivity contribution in [2.24, 2.45) is 0 Å². The smallest absolute Gasteiger partial charge is 0.280 e. The molecule has 3 aromatic rings. The molecule has 2 N–H and O–H groups in total. The van der Waals surface area contributed by atoms with Crippen LogP contribution in [0.25, 0.3) is 16.9 Å². The van der Waals surface area contributed by atoms with E-state index in [-0.39, 0.29) is 17.5 Å². The monoisotopic (exact) mass is 430 g/mol. The van der Waals surface area contributed by atoms with Crippen LogP contribution >= 0.6 is 0 Å². The van der Waals surface area contributed by atoms with E-state index in [9.17, 15) is 9.59 Å². The van der Waals surface area contributed by atoms with Gasteiger partial charge in [-0.1, -0.05) is 13.0 Å². The van der Waals surface area contributed by atoms with Crippen LogP contribution in [0.3, 0.4) is 0 Å². The summed E-state index contributed by atoms with van der Waals surface area (Å²) in [5.41, 5.74) is 2.87. The first kappa shape index (κ1) is 21.5. The highest BCUT2D eigenvalue weighted by Gasteiger charge is 2.20. The fourth-order valence-corrected chi connectivity index (χ4v) is 4.08. The van der Waals surface area contributed by atoms with Gasteiger partial charge in [0, 0.05) is 31.5 Å². The molecule has 0 radical (unpaired) electrons. The van der Waals surface area contributed by atoms with Gasteiger partial charge in [-0.25, -0.2) is 9.67 Å². The van der Waals surface area contributed by atoms with Crippen molar-refractivity contribution >= 4 is 5.91 Å². The predicted molar refractivity (Wildman–Crippen MR) is 122 cm³/mol. The zero-order chi connectivity index (χ0) is 22.7. The number of carbonyl (C=O) groups excluding carboxylic acids is 1. The van der Waals surface area contributed by atoms with E-state index in [1.54, 1.807) is 36.5 Å². The highest BCUT2D eigenvalue weighted by atomic mass is 16.2. The Labute approximate surface area is 186 Å². The van der Waals surface area contributed by atoms with Gasteiger partial charge in [0.2, 0.25) is 0 Å². The molecule has 1 saturated heterocycles. The van der Waals surface area contributed by atoms with E-state index in [1.165, 1.54) is 10.9 Å². The van der Waals surface area contributed by atoms with Crippen LogP contribution in [0.4, 0.5) is 0 Å². The number of amides is 1. The maximum Gasteiger partial charge on any atom is 0.280 e. The minimum Gasteiger partial charge on any atom is -0.349 e. The number of aromatic amines is 1. The van der Waals surface area contributed by atoms with E-state index in [2.05, 4.69) is 33.3 Å². The second-order valence-corrected chi connectivity index (χ2v) is 8.06. The number of carbonyl (C=O) groups is 1. The van der Waals surface area contributed by atoms with Crippen molar-refractivity contribution in [1.29, 1.82) is 5.26 Å². The molecule has 32 heavy (non-hydrogen) atoms. The molecule has 0 unspecified atom stereocenters. The Balaban J connectivity index is 1.49. The lowest BCUT2D eigenvalue weighted by molar-refractivity contribution is 0.0912. The Morgan fingerprint density at radius 2 is 2.03 bits per heavy atom. The molecule has 0 bridgehead atoms. The molecule has 0 saturated carbocycles. The quantitative estimate of drug-likeness (QED) is 0.647. The number of hydrogen-bond acceptors (Lipinski definition) is 5. The van der Waals surface area contributed by atoms with Crippen LogP contribution in [0.5, 0.6) is 0 Å². The van der Waals surface area contributed by atoms with Gasteiger partial charge in [-0.15, -0.1) is 0 Å². The van der Waals surface area contributed by atoms with Crippen molar-refractivity contribution in [3.8, 4) is 23.0 Å². The molecule has 1 amide bonds. The van der Waals surface area contributed by atoms with Gasteiger partial charge < -0.3 is 10.2 Å². The van der Waals surface area contributed by atoms with E-state index < -0.39 is 0 Å². The number of nitriles is 1. The summed E-state index contributed by atoms with van der Waals surface area (Å²) in [6.07, 6.45) is 5.01. The molecule has 4 rings (SSSR count). The fraction of sp³-hybridized carbons (Fsp3) is 0.333. The molecule has 164 valence electrons. The number of aromatic nitrogens is 3. The Bertz CT molecular complexity index is 1210. The topological polar surface area (TPSA) is 107 Å². The zero-order valence-corrected chi connectivity index (χ0v) is 18.3. The Morgan fingerprint density at radius 1 is 1.25 bits per heavy atom. The summed E-state index contributed by atoms with van der Waals surface area (Å²) in [6.45, 7) is 7.04. The largest absolute Gasteiger partial charge is 0.349 e. The molecule has 0 atom stereocenters. The van der Waals surface area contributed by atoms with Gasteiger partial charge in [0.05, 0.1) is 22.8 Å². The summed E-state index contributed by atoms with van der Waals surface area (Å²) < 4.78 is 1.34. The van der Waals surface area contributed by atoms with Crippen LogP contribution in [-0.4, -0.2) is 51.2 Å². The molecule has 8 heteroatoms. The lowest BCUT2D eigenvalue weighted by Crippen LogP contribution is -2.44. The molecule has 1 aliphatic rings. The average Bonchev–Trinajstić information content (AvgIpc) is 3.20. The maximum absolute atomic E-state index is 13.0. The van der Waals surface area contributed by atoms with Gasteiger partial charge in [-0.2, -0.15) is 5.26 Å². The second kappa shape index (κ2) is 9.20. The standard InChI is InChI=1S/C24H26N6O2/c1-3-29-10-8-19(9-11-29)28-23(31)18-5-7-22(26-14-18)30-24(32)21(15-27-30)20-6-4-17(13-25)12-16(20)2/h4-7,12,14-15,19,27H,3,8-11H2,1-2H3,(H,28,31). The summed E-state index contributed by atoms with van der Waals surface area (Å²) in [4.78, 5) is 32.2. The van der Waals surface area contributed by atoms with Crippen molar-refractivity contribution in [3.63, 3.8) is 0 Å². The third-order valence-electron chi connectivity index (χ3n) is 6.03. The first-order chi connectivity index (χ1) is 15.5. The van der Waals surface area contributed by atoms with Crippen molar-refractivity contribution < 1.29 is 4.79 Å². The van der Waals surface area contributed by atoms with Crippen LogP contribution in [-0.2, 0) is 0 Å². The molecule has 0 aliphatic carbocycles. The Morgan fingerprint density at radius 3 is 2.66 bits per heavy atom. The Kier molecular flexibility index (Phi) is 6.19. The van der Waals surface area contributed by atoms with E-state index >= 15 is 0 Å². The van der Waals surface area contributed by atoms with Gasteiger partial charge in [0.1, 0.15) is 0 Å². The van der Waals surface area contributed by atoms with Gasteiger partial charge >= 0.3 is 0 Å². The molecule has 1 fully saturated rings. The lowest BCUT2D eigenvalue weighted by Gasteiger charge is -2.31. The third kappa shape index (κ3) is 4.34. The van der Waals surface area contributed by atoms with Crippen molar-refractivity contribution in [1.82, 2.24) is 25.0 Å². The number of pyridine rings is 1. The number of benzene rings is 1. The van der Waals surface area contributed by atoms with Crippen LogP contribution in [0.15, 0.2) is 47.5 Å². The van der Waals surface area contributed by atoms with Crippen LogP contribution < -0.4 is 10.9 Å². The molecular weight excluding hydrogens is 404 g/mol. The number of aryl methyl sites for hydroxylation is 1. The Hall–Kier alpha value is -3.70. The number of nitrogens with zero attached hydrogens (tertiary/aromatic N) is 4. The van der Waals surface area contributed by atoms with Crippen molar-refractivity contribution in [3.05, 3.63) is 69.8 Å². The molecule has 1 aromatic carbocycles. The summed E-state index contributed by atoms with van der Waals surface area (Å²) in [5, 5.41) is 15.1. The SMILES string of the molecule is CCN1CCC(NC(=O)c2ccc(-n3[nH]cc(-c4ccc(C#N)cc4C)c3=O)nc2)CC1. The van der Waals surface area contributed by atoms with E-state index in [0.29, 0.717) is 22.5 Å². The van der Waals surface area contributed by atoms with Crippen LogP contribution in [0.2, 0.25) is 0 Å². The lowest BCUT2D eigenvalue weighted by atomic mass is 10.0. The summed E-state index contributed by atoms with van der Waals surface area (Å²) >= 11 is 0. The number of piperidine rings is 1. The van der Waals surface area contributed by atoms with Gasteiger partial charge in [0.15, 0.2) is 5.82 Å². The van der Waals surface area contributed by atoms with Crippen LogP contribution in [0, 0.1) is 18.3 Å². The second-order valence-electron chi connectivity index (χ2n) is 8.06. The van der Waals surface area contributed by atoms with Crippen LogP contribution in [0.1, 0.15) is 41.3 Å². The first-order valence-corrected chi connectivity index (χ1v) is 10.8. The highest BCUT2D eigenvalue weighted by Crippen LogP contribution is 2.21. The van der Waals surface area contributed by atoms with Gasteiger partial charge in [-0.05, 0) is 61.7 Å². The molecule has 3 heterocycles. The van der Waals surface area contributed by atoms with Crippen molar-refractivity contribution in [2.75, 3.05) is 19.6 Å². The predicted octanol–water partition coefficient (Wildman–Crippen LogP) is 2.62. The van der Waals surface area contributed by atoms with E-state index in [4.69, 9.17) is 5.26 Å². The zero-order valence-electron chi connectivity index (χ0n) is 18.3. The summed E-state index contributed by atoms with van der Waals surface area (Å²) in [6, 6.07) is 10.8. The van der Waals surface area contributed by atoms with Crippen molar-refractivity contribution in [2.45, 2.75) is 32.7 Å². The minimum atomic E-state index is -0.245. The number of rotatable bonds is 5. The van der Waals surface area contributed by atoms with Gasteiger partial charge in [-0.3, -0.25) is 14.7 Å². The molecule has 1 aliphatic heterocycles. The molecule has 8 nitrogen and oxygen atoms in total. The summed E-state index contributed by atoms with van der Waals surface area (Å²) in [5.74, 6) is 0.257. The van der Waals surface area contributed by atoms with E-state index in [0.717, 1.165) is 43.6 Å². The fourth-order valence-electron chi connectivity index (χ4n) is 4.08. The molecular formula is C24H26N6O2. The first-order valence-electron chi connectivity index (χ1n) is 10.8. The molecule has 0 spiro atoms. The number of nitrogens with one attached hydrogen (secondary N) is 2. The van der Waals surface area contributed by atoms with Gasteiger partial charge in [0.25, 0.3) is 11.5 Å². The highest BCUT2D eigenvalue weighted by molar-refractivity contribution is 5.94. The minimum absolute atomic E-state index is 0.147.